The smallest absolute Gasteiger partial charge is 0.350 e. The third kappa shape index (κ3) is 3.48. The molecule has 0 amide bonds. The van der Waals surface area contributed by atoms with Crippen LogP contribution >= 0.6 is 11.3 Å². The topological polar surface area (TPSA) is 69.9 Å². The van der Waals surface area contributed by atoms with Gasteiger partial charge >= 0.3 is 5.97 Å². The highest BCUT2D eigenvalue weighted by Crippen LogP contribution is 2.27. The van der Waals surface area contributed by atoms with Crippen LogP contribution in [0, 0.1) is 12.7 Å². The van der Waals surface area contributed by atoms with E-state index in [4.69, 9.17) is 4.74 Å². The Kier molecular flexibility index (Phi) is 4.66. The molecule has 8 heteroatoms. The van der Waals surface area contributed by atoms with Gasteiger partial charge in [0.05, 0.1) is 25.0 Å². The van der Waals surface area contributed by atoms with Gasteiger partial charge in [-0.05, 0) is 31.5 Å². The van der Waals surface area contributed by atoms with Gasteiger partial charge in [-0.15, -0.1) is 16.4 Å². The van der Waals surface area contributed by atoms with Crippen molar-refractivity contribution >= 4 is 17.3 Å². The molecule has 0 radical (unpaired) electrons. The minimum absolute atomic E-state index is 0.275. The maximum Gasteiger partial charge on any atom is 0.350 e. The SMILES string of the molecule is CCOC(=O)c1sc(-c2cn(Cc3ccc(F)cc3)nn2)nc1C. The molecular weight excluding hydrogens is 331 g/mol. The lowest BCUT2D eigenvalue weighted by atomic mass is 10.2. The second-order valence-electron chi connectivity index (χ2n) is 5.08. The van der Waals surface area contributed by atoms with Crippen molar-refractivity contribution in [2.45, 2.75) is 20.4 Å². The molecular formula is C16H15FN4O2S. The summed E-state index contributed by atoms with van der Waals surface area (Å²) in [6, 6.07) is 6.21. The molecule has 0 aliphatic heterocycles. The van der Waals surface area contributed by atoms with Crippen LogP contribution in [0.5, 0.6) is 0 Å². The largest absolute Gasteiger partial charge is 0.462 e. The van der Waals surface area contributed by atoms with Crippen molar-refractivity contribution in [1.82, 2.24) is 20.0 Å². The minimum Gasteiger partial charge on any atom is -0.462 e. The highest BCUT2D eigenvalue weighted by molar-refractivity contribution is 7.17. The lowest BCUT2D eigenvalue weighted by molar-refractivity contribution is 0.0531. The van der Waals surface area contributed by atoms with Crippen molar-refractivity contribution in [3.05, 3.63) is 52.4 Å². The first-order valence-corrected chi connectivity index (χ1v) is 8.18. The number of aromatic nitrogens is 4. The molecule has 1 aromatic carbocycles. The van der Waals surface area contributed by atoms with Gasteiger partial charge in [-0.3, -0.25) is 0 Å². The second kappa shape index (κ2) is 6.88. The Morgan fingerprint density at radius 2 is 2.08 bits per heavy atom. The predicted molar refractivity (Wildman–Crippen MR) is 87.3 cm³/mol. The standard InChI is InChI=1S/C16H15FN4O2S/c1-3-23-16(22)14-10(2)18-15(24-14)13-9-21(20-19-13)8-11-4-6-12(17)7-5-11/h4-7,9H,3,8H2,1-2H3. The van der Waals surface area contributed by atoms with Gasteiger partial charge in [0.1, 0.15) is 21.4 Å². The van der Waals surface area contributed by atoms with Crippen molar-refractivity contribution in [2.75, 3.05) is 6.61 Å². The quantitative estimate of drug-likeness (QED) is 0.664. The van der Waals surface area contributed by atoms with Gasteiger partial charge in [0.25, 0.3) is 0 Å². The first kappa shape index (κ1) is 16.3. The molecule has 2 aromatic heterocycles. The fourth-order valence-corrected chi connectivity index (χ4v) is 3.05. The monoisotopic (exact) mass is 346 g/mol. The zero-order valence-electron chi connectivity index (χ0n) is 13.2. The first-order chi connectivity index (χ1) is 11.6. The average molecular weight is 346 g/mol. The molecule has 0 unspecified atom stereocenters. The van der Waals surface area contributed by atoms with E-state index in [0.29, 0.717) is 34.4 Å². The molecule has 0 atom stereocenters. The first-order valence-electron chi connectivity index (χ1n) is 7.36. The van der Waals surface area contributed by atoms with Crippen LogP contribution in [0.15, 0.2) is 30.5 Å². The number of benzene rings is 1. The summed E-state index contributed by atoms with van der Waals surface area (Å²) in [4.78, 5) is 16.7. The zero-order valence-corrected chi connectivity index (χ0v) is 14.0. The highest BCUT2D eigenvalue weighted by atomic mass is 32.1. The van der Waals surface area contributed by atoms with Crippen LogP contribution in [0.4, 0.5) is 4.39 Å². The van der Waals surface area contributed by atoms with Crippen LogP contribution in [-0.2, 0) is 11.3 Å². The molecule has 3 rings (SSSR count). The Balaban J connectivity index is 1.79. The lowest BCUT2D eigenvalue weighted by Crippen LogP contribution is -2.03. The van der Waals surface area contributed by atoms with Gasteiger partial charge in [0, 0.05) is 0 Å². The van der Waals surface area contributed by atoms with E-state index >= 15 is 0 Å². The number of hydrogen-bond donors (Lipinski definition) is 0. The molecule has 24 heavy (non-hydrogen) atoms. The minimum atomic E-state index is -0.377. The summed E-state index contributed by atoms with van der Waals surface area (Å²) in [5, 5.41) is 8.76. The summed E-state index contributed by atoms with van der Waals surface area (Å²) in [7, 11) is 0. The molecule has 2 heterocycles. The number of ether oxygens (including phenoxy) is 1. The number of halogens is 1. The molecule has 0 aliphatic carbocycles. The molecule has 0 saturated carbocycles. The van der Waals surface area contributed by atoms with E-state index in [2.05, 4.69) is 15.3 Å². The fraction of sp³-hybridized carbons (Fsp3) is 0.250. The van der Waals surface area contributed by atoms with Gasteiger partial charge in [-0.2, -0.15) is 0 Å². The summed E-state index contributed by atoms with van der Waals surface area (Å²) >= 11 is 1.23. The van der Waals surface area contributed by atoms with Crippen LogP contribution in [0.25, 0.3) is 10.7 Å². The van der Waals surface area contributed by atoms with Crippen molar-refractivity contribution in [1.29, 1.82) is 0 Å². The Morgan fingerprint density at radius 1 is 1.33 bits per heavy atom. The van der Waals surface area contributed by atoms with Crippen LogP contribution in [0.3, 0.4) is 0 Å². The summed E-state index contributed by atoms with van der Waals surface area (Å²) in [5.41, 5.74) is 2.11. The van der Waals surface area contributed by atoms with Crippen molar-refractivity contribution < 1.29 is 13.9 Å². The number of hydrogen-bond acceptors (Lipinski definition) is 6. The van der Waals surface area contributed by atoms with Crippen molar-refractivity contribution in [3.8, 4) is 10.7 Å². The predicted octanol–water partition coefficient (Wildman–Crippen LogP) is 3.07. The van der Waals surface area contributed by atoms with E-state index < -0.39 is 0 Å². The van der Waals surface area contributed by atoms with Gasteiger partial charge in [-0.25, -0.2) is 18.9 Å². The third-order valence-electron chi connectivity index (χ3n) is 3.27. The van der Waals surface area contributed by atoms with Crippen molar-refractivity contribution in [2.24, 2.45) is 0 Å². The normalized spacial score (nSPS) is 10.8. The number of esters is 1. The molecule has 0 fully saturated rings. The Hall–Kier alpha value is -2.61. The summed E-state index contributed by atoms with van der Waals surface area (Å²) in [5.74, 6) is -0.653. The molecule has 0 bridgehead atoms. The van der Waals surface area contributed by atoms with Crippen LogP contribution in [0.2, 0.25) is 0 Å². The van der Waals surface area contributed by atoms with E-state index in [1.54, 1.807) is 36.9 Å². The van der Waals surface area contributed by atoms with Gasteiger partial charge in [0.15, 0.2) is 0 Å². The zero-order chi connectivity index (χ0) is 17.1. The summed E-state index contributed by atoms with van der Waals surface area (Å²) < 4.78 is 19.6. The van der Waals surface area contributed by atoms with Crippen LogP contribution in [-0.4, -0.2) is 32.6 Å². The highest BCUT2D eigenvalue weighted by Gasteiger charge is 2.18. The summed E-state index contributed by atoms with van der Waals surface area (Å²) in [6.45, 7) is 4.31. The van der Waals surface area contributed by atoms with E-state index in [1.807, 2.05) is 0 Å². The van der Waals surface area contributed by atoms with Crippen LogP contribution < -0.4 is 0 Å². The van der Waals surface area contributed by atoms with E-state index in [1.165, 1.54) is 23.5 Å². The van der Waals surface area contributed by atoms with Gasteiger partial charge in [-0.1, -0.05) is 17.3 Å². The van der Waals surface area contributed by atoms with Crippen LogP contribution in [0.1, 0.15) is 27.9 Å². The summed E-state index contributed by atoms with van der Waals surface area (Å²) in [6.07, 6.45) is 1.75. The molecule has 6 nitrogen and oxygen atoms in total. The Labute approximate surface area is 141 Å². The number of carbonyl (C=O) groups is 1. The molecule has 0 N–H and O–H groups in total. The van der Waals surface area contributed by atoms with Gasteiger partial charge < -0.3 is 4.74 Å². The molecule has 3 aromatic rings. The fourth-order valence-electron chi connectivity index (χ4n) is 2.14. The van der Waals surface area contributed by atoms with Crippen molar-refractivity contribution in [3.63, 3.8) is 0 Å². The number of nitrogens with zero attached hydrogens (tertiary/aromatic N) is 4. The maximum atomic E-state index is 12.9. The van der Waals surface area contributed by atoms with Gasteiger partial charge in [0.2, 0.25) is 0 Å². The average Bonchev–Trinajstić information content (AvgIpc) is 3.16. The van der Waals surface area contributed by atoms with E-state index in [0.717, 1.165) is 5.56 Å². The number of carbonyl (C=O) groups excluding carboxylic acids is 1. The molecule has 0 spiro atoms. The number of rotatable bonds is 5. The number of thiazole rings is 1. The third-order valence-corrected chi connectivity index (χ3v) is 4.43. The van der Waals surface area contributed by atoms with E-state index in [9.17, 15) is 9.18 Å². The lowest BCUT2D eigenvalue weighted by Gasteiger charge is -1.99. The Bertz CT molecular complexity index is 857. The number of aryl methyl sites for hydroxylation is 1. The van der Waals surface area contributed by atoms with E-state index in [-0.39, 0.29) is 11.8 Å². The maximum absolute atomic E-state index is 12.9. The second-order valence-corrected chi connectivity index (χ2v) is 6.08. The molecule has 0 aliphatic rings. The Morgan fingerprint density at radius 3 is 2.79 bits per heavy atom. The molecule has 0 saturated heterocycles. The molecule has 124 valence electrons.